The second kappa shape index (κ2) is 6.51. The van der Waals surface area contributed by atoms with Crippen LogP contribution in [0.15, 0.2) is 24.3 Å². The fraction of sp³-hybridized carbons (Fsp3) is 0.625. The van der Waals surface area contributed by atoms with Crippen molar-refractivity contribution in [2.24, 2.45) is 5.73 Å². The summed E-state index contributed by atoms with van der Waals surface area (Å²) in [5.41, 5.74) is 8.88. The van der Waals surface area contributed by atoms with Gasteiger partial charge in [0.05, 0.1) is 0 Å². The summed E-state index contributed by atoms with van der Waals surface area (Å²) in [6.45, 7) is 5.45. The third-order valence-corrected chi connectivity index (χ3v) is 4.18. The number of nitrogens with zero attached hydrogens (tertiary/aromatic N) is 2. The van der Waals surface area contributed by atoms with E-state index >= 15 is 0 Å². The number of nitrogens with two attached hydrogens (primary N) is 1. The lowest BCUT2D eigenvalue weighted by Gasteiger charge is -2.37. The third kappa shape index (κ3) is 4.03. The Morgan fingerprint density at radius 1 is 1.47 bits per heavy atom. The first-order valence-electron chi connectivity index (χ1n) is 7.27. The zero-order chi connectivity index (χ0) is 13.8. The summed E-state index contributed by atoms with van der Waals surface area (Å²) in [7, 11) is 4.42. The van der Waals surface area contributed by atoms with Crippen LogP contribution in [0.25, 0.3) is 0 Å². The lowest BCUT2D eigenvalue weighted by atomic mass is 10.0. The summed E-state index contributed by atoms with van der Waals surface area (Å²) in [6.07, 6.45) is 2.59. The molecule has 1 fully saturated rings. The molecular formula is C16H27N3. The number of hydrogen-bond acceptors (Lipinski definition) is 3. The van der Waals surface area contributed by atoms with Crippen LogP contribution in [0.1, 0.15) is 30.0 Å². The monoisotopic (exact) mass is 261 g/mol. The van der Waals surface area contributed by atoms with Gasteiger partial charge in [0.1, 0.15) is 0 Å². The summed E-state index contributed by atoms with van der Waals surface area (Å²) >= 11 is 0. The Morgan fingerprint density at radius 3 is 2.95 bits per heavy atom. The third-order valence-electron chi connectivity index (χ3n) is 4.18. The highest BCUT2D eigenvalue weighted by molar-refractivity contribution is 5.25. The van der Waals surface area contributed by atoms with Crippen molar-refractivity contribution in [3.63, 3.8) is 0 Å². The van der Waals surface area contributed by atoms with Crippen LogP contribution in [0.5, 0.6) is 0 Å². The number of benzene rings is 1. The van der Waals surface area contributed by atoms with Crippen LogP contribution in [0.2, 0.25) is 0 Å². The molecule has 0 amide bonds. The van der Waals surface area contributed by atoms with Gasteiger partial charge in [-0.15, -0.1) is 0 Å². The number of hydrogen-bond donors (Lipinski definition) is 1. The van der Waals surface area contributed by atoms with E-state index in [4.69, 9.17) is 5.73 Å². The van der Waals surface area contributed by atoms with Crippen molar-refractivity contribution in [2.75, 3.05) is 33.7 Å². The zero-order valence-electron chi connectivity index (χ0n) is 12.5. The van der Waals surface area contributed by atoms with E-state index in [1.807, 2.05) is 0 Å². The van der Waals surface area contributed by atoms with Crippen LogP contribution in [-0.4, -0.2) is 49.6 Å². The molecule has 1 saturated heterocycles. The Balaban J connectivity index is 1.92. The molecule has 3 nitrogen and oxygen atoms in total. The molecule has 0 saturated carbocycles. The summed E-state index contributed by atoms with van der Waals surface area (Å²) in [5, 5.41) is 0. The van der Waals surface area contributed by atoms with Crippen LogP contribution in [0.4, 0.5) is 0 Å². The molecule has 1 aromatic rings. The molecule has 2 N–H and O–H groups in total. The maximum Gasteiger partial charge on any atom is 0.0424 e. The van der Waals surface area contributed by atoms with Gasteiger partial charge in [-0.2, -0.15) is 0 Å². The molecule has 2 unspecified atom stereocenters. The van der Waals surface area contributed by atoms with E-state index in [0.29, 0.717) is 6.04 Å². The Kier molecular flexibility index (Phi) is 4.97. The van der Waals surface area contributed by atoms with Crippen molar-refractivity contribution in [1.82, 2.24) is 9.80 Å². The number of piperidine rings is 1. The minimum Gasteiger partial charge on any atom is -0.323 e. The average Bonchev–Trinajstić information content (AvgIpc) is 2.38. The minimum atomic E-state index is 0.108. The van der Waals surface area contributed by atoms with Crippen LogP contribution in [0, 0.1) is 6.92 Å². The molecule has 1 heterocycles. The molecule has 1 aliphatic rings. The maximum absolute atomic E-state index is 6.35. The Hall–Kier alpha value is -0.900. The van der Waals surface area contributed by atoms with Gasteiger partial charge in [-0.05, 0) is 46.0 Å². The molecule has 1 aromatic carbocycles. The first-order chi connectivity index (χ1) is 9.06. The fourth-order valence-electron chi connectivity index (χ4n) is 2.96. The number of likely N-dealkylation sites (N-methyl/N-ethyl adjacent to an activating group) is 2. The van der Waals surface area contributed by atoms with Crippen molar-refractivity contribution in [3.8, 4) is 0 Å². The van der Waals surface area contributed by atoms with Gasteiger partial charge in [-0.3, -0.25) is 0 Å². The highest BCUT2D eigenvalue weighted by Gasteiger charge is 2.22. The van der Waals surface area contributed by atoms with Crippen LogP contribution in [-0.2, 0) is 0 Å². The van der Waals surface area contributed by atoms with E-state index in [1.165, 1.54) is 30.5 Å². The summed E-state index contributed by atoms with van der Waals surface area (Å²) < 4.78 is 0. The van der Waals surface area contributed by atoms with E-state index in [1.54, 1.807) is 0 Å². The summed E-state index contributed by atoms with van der Waals surface area (Å²) in [4.78, 5) is 4.85. The van der Waals surface area contributed by atoms with Crippen molar-refractivity contribution in [3.05, 3.63) is 35.4 Å². The van der Waals surface area contributed by atoms with Gasteiger partial charge in [-0.25, -0.2) is 0 Å². The number of likely N-dealkylation sites (tertiary alicyclic amines) is 1. The van der Waals surface area contributed by atoms with Crippen molar-refractivity contribution in [2.45, 2.75) is 31.8 Å². The highest BCUT2D eigenvalue weighted by Crippen LogP contribution is 2.18. The Bertz CT molecular complexity index is 405. The van der Waals surface area contributed by atoms with Gasteiger partial charge in [0, 0.05) is 25.2 Å². The van der Waals surface area contributed by atoms with Gasteiger partial charge in [0.2, 0.25) is 0 Å². The average molecular weight is 261 g/mol. The lowest BCUT2D eigenvalue weighted by Crippen LogP contribution is -2.46. The van der Waals surface area contributed by atoms with E-state index in [0.717, 1.165) is 13.1 Å². The molecule has 0 bridgehead atoms. The molecule has 106 valence electrons. The van der Waals surface area contributed by atoms with Crippen LogP contribution < -0.4 is 5.73 Å². The van der Waals surface area contributed by atoms with E-state index in [2.05, 4.69) is 55.1 Å². The van der Waals surface area contributed by atoms with Crippen molar-refractivity contribution < 1.29 is 0 Å². The van der Waals surface area contributed by atoms with Gasteiger partial charge in [-0.1, -0.05) is 29.8 Å². The van der Waals surface area contributed by atoms with Crippen molar-refractivity contribution in [1.29, 1.82) is 0 Å². The van der Waals surface area contributed by atoms with Crippen LogP contribution in [0.3, 0.4) is 0 Å². The summed E-state index contributed by atoms with van der Waals surface area (Å²) in [6, 6.07) is 9.31. The molecule has 0 spiro atoms. The highest BCUT2D eigenvalue weighted by atomic mass is 15.2. The van der Waals surface area contributed by atoms with Gasteiger partial charge < -0.3 is 15.5 Å². The maximum atomic E-state index is 6.35. The zero-order valence-corrected chi connectivity index (χ0v) is 12.5. The molecule has 0 radical (unpaired) electrons. The predicted molar refractivity (Wildman–Crippen MR) is 81.3 cm³/mol. The molecule has 0 aliphatic carbocycles. The first kappa shape index (κ1) is 14.5. The van der Waals surface area contributed by atoms with Gasteiger partial charge >= 0.3 is 0 Å². The van der Waals surface area contributed by atoms with E-state index in [-0.39, 0.29) is 6.04 Å². The SMILES string of the molecule is Cc1cccc(C(N)CN(C)C2CCCN(C)C2)c1. The van der Waals surface area contributed by atoms with Crippen molar-refractivity contribution >= 4 is 0 Å². The second-order valence-electron chi connectivity index (χ2n) is 6.02. The lowest BCUT2D eigenvalue weighted by molar-refractivity contribution is 0.129. The number of rotatable bonds is 4. The molecule has 0 aromatic heterocycles. The molecule has 2 atom stereocenters. The quantitative estimate of drug-likeness (QED) is 0.900. The second-order valence-corrected chi connectivity index (χ2v) is 6.02. The van der Waals surface area contributed by atoms with E-state index in [9.17, 15) is 0 Å². The predicted octanol–water partition coefficient (Wildman–Crippen LogP) is 2.02. The number of aryl methyl sites for hydroxylation is 1. The standard InChI is InChI=1S/C16H27N3/c1-13-6-4-7-14(10-13)16(17)12-19(3)15-8-5-9-18(2)11-15/h4,6-7,10,15-16H,5,8-9,11-12,17H2,1-3H3. The van der Waals surface area contributed by atoms with Gasteiger partial charge in [0.25, 0.3) is 0 Å². The normalized spacial score (nSPS) is 22.7. The van der Waals surface area contributed by atoms with E-state index < -0.39 is 0 Å². The smallest absolute Gasteiger partial charge is 0.0424 e. The van der Waals surface area contributed by atoms with Gasteiger partial charge in [0.15, 0.2) is 0 Å². The Morgan fingerprint density at radius 2 is 2.26 bits per heavy atom. The molecule has 3 heteroatoms. The molecule has 19 heavy (non-hydrogen) atoms. The molecule has 1 aliphatic heterocycles. The first-order valence-corrected chi connectivity index (χ1v) is 7.27. The molecule has 2 rings (SSSR count). The molecular weight excluding hydrogens is 234 g/mol. The summed E-state index contributed by atoms with van der Waals surface area (Å²) in [5.74, 6) is 0. The Labute approximate surface area is 117 Å². The largest absolute Gasteiger partial charge is 0.323 e. The van der Waals surface area contributed by atoms with Crippen LogP contribution >= 0.6 is 0 Å². The minimum absolute atomic E-state index is 0.108. The fourth-order valence-corrected chi connectivity index (χ4v) is 2.96. The topological polar surface area (TPSA) is 32.5 Å².